The molecule has 2 heterocycles. The average molecular weight is 403 g/mol. The number of nitrogens with zero attached hydrogens (tertiary/aromatic N) is 3. The van der Waals surface area contributed by atoms with Gasteiger partial charge in [-0.1, -0.05) is 27.7 Å². The Morgan fingerprint density at radius 2 is 1.93 bits per heavy atom. The van der Waals surface area contributed by atoms with Crippen molar-refractivity contribution >= 4 is 24.7 Å². The van der Waals surface area contributed by atoms with Gasteiger partial charge in [0.1, 0.15) is 6.10 Å². The molecule has 0 aliphatic rings. The molecular formula is C15H26N5O6P. The number of ether oxygens (including phenoxy) is 1. The minimum atomic E-state index is -4.69. The molecule has 1 atom stereocenters. The molecule has 12 heteroatoms. The lowest BCUT2D eigenvalue weighted by molar-refractivity contribution is -0.123. The van der Waals surface area contributed by atoms with Crippen LogP contribution in [0, 0.1) is 11.8 Å². The van der Waals surface area contributed by atoms with E-state index >= 15 is 0 Å². The number of aliphatic hydroxyl groups excluding tert-OH is 1. The highest BCUT2D eigenvalue weighted by Gasteiger charge is 2.54. The van der Waals surface area contributed by atoms with Crippen molar-refractivity contribution in [3.05, 3.63) is 16.7 Å². The standard InChI is InChI=1S/C15H26N5O6P/c1-8(2)15(9(3)4,27(23,24)25)26-10(6-21)5-20-7-17-11-12(20)18-14(16)19-13(11)22/h7-10,21H,5-6H2,1-4H3,(H2,23,24,25)(H3,16,18,19,22). The summed E-state index contributed by atoms with van der Waals surface area (Å²) in [5.74, 6) is -1.14. The molecule has 0 aliphatic carbocycles. The number of hydrogen-bond acceptors (Lipinski definition) is 7. The van der Waals surface area contributed by atoms with Gasteiger partial charge in [-0.3, -0.25) is 14.3 Å². The summed E-state index contributed by atoms with van der Waals surface area (Å²) in [6.07, 6.45) is 0.365. The summed E-state index contributed by atoms with van der Waals surface area (Å²) in [7, 11) is -4.69. The summed E-state index contributed by atoms with van der Waals surface area (Å²) in [6, 6.07) is 0. The topological polar surface area (TPSA) is 177 Å². The van der Waals surface area contributed by atoms with E-state index in [1.807, 2.05) is 0 Å². The Morgan fingerprint density at radius 3 is 2.41 bits per heavy atom. The number of hydrogen-bond donors (Lipinski definition) is 5. The molecule has 152 valence electrons. The highest BCUT2D eigenvalue weighted by molar-refractivity contribution is 7.53. The van der Waals surface area contributed by atoms with E-state index in [9.17, 15) is 24.3 Å². The van der Waals surface area contributed by atoms with Crippen LogP contribution in [0.15, 0.2) is 11.1 Å². The van der Waals surface area contributed by atoms with Crippen molar-refractivity contribution in [3.8, 4) is 0 Å². The van der Waals surface area contributed by atoms with Crippen molar-refractivity contribution in [3.63, 3.8) is 0 Å². The third-order valence-corrected chi connectivity index (χ3v) is 6.61. The molecule has 11 nitrogen and oxygen atoms in total. The average Bonchev–Trinajstić information content (AvgIpc) is 2.92. The number of imidazole rings is 1. The molecule has 0 aromatic carbocycles. The second kappa shape index (κ2) is 7.69. The van der Waals surface area contributed by atoms with Gasteiger partial charge < -0.3 is 29.9 Å². The lowest BCUT2D eigenvalue weighted by atomic mass is 9.95. The van der Waals surface area contributed by atoms with Crippen LogP contribution in [0.3, 0.4) is 0 Å². The maximum absolute atomic E-state index is 12.3. The molecule has 2 aromatic rings. The number of aromatic amines is 1. The monoisotopic (exact) mass is 403 g/mol. The summed E-state index contributed by atoms with van der Waals surface area (Å²) in [5.41, 5.74) is 5.31. The molecule has 0 radical (unpaired) electrons. The van der Waals surface area contributed by atoms with Crippen molar-refractivity contribution < 1.29 is 24.2 Å². The molecule has 0 spiro atoms. The Balaban J connectivity index is 2.42. The van der Waals surface area contributed by atoms with E-state index in [0.717, 1.165) is 0 Å². The lowest BCUT2D eigenvalue weighted by Crippen LogP contribution is -2.47. The largest absolute Gasteiger partial charge is 0.394 e. The molecule has 6 N–H and O–H groups in total. The molecule has 0 bridgehead atoms. The molecular weight excluding hydrogens is 377 g/mol. The van der Waals surface area contributed by atoms with Gasteiger partial charge in [0.15, 0.2) is 16.5 Å². The van der Waals surface area contributed by atoms with E-state index in [2.05, 4.69) is 15.0 Å². The quantitative estimate of drug-likeness (QED) is 0.387. The first-order valence-corrected chi connectivity index (χ1v) is 10.1. The SMILES string of the molecule is CC(C)C(OC(CO)Cn1cnc2c(=O)[nH]c(N)nc21)(C(C)C)P(=O)(O)O. The number of H-pyrrole nitrogens is 1. The molecule has 1 unspecified atom stereocenters. The first-order valence-electron chi connectivity index (χ1n) is 8.49. The Hall–Kier alpha value is -1.78. The summed E-state index contributed by atoms with van der Waals surface area (Å²) >= 11 is 0. The summed E-state index contributed by atoms with van der Waals surface area (Å²) < 4.78 is 19.6. The van der Waals surface area contributed by atoms with Crippen molar-refractivity contribution in [2.75, 3.05) is 12.3 Å². The number of anilines is 1. The molecule has 0 aliphatic heterocycles. The lowest BCUT2D eigenvalue weighted by Gasteiger charge is -2.43. The fourth-order valence-corrected chi connectivity index (χ4v) is 5.04. The molecule has 27 heavy (non-hydrogen) atoms. The molecule has 0 amide bonds. The third-order valence-electron chi connectivity index (χ3n) is 4.56. The van der Waals surface area contributed by atoms with E-state index < -0.39 is 43.0 Å². The summed E-state index contributed by atoms with van der Waals surface area (Å²) in [4.78, 5) is 42.2. The Morgan fingerprint density at radius 1 is 1.33 bits per heavy atom. The molecule has 0 saturated heterocycles. The number of nitrogen functional groups attached to an aromatic ring is 1. The number of nitrogens with two attached hydrogens (primary N) is 1. The highest BCUT2D eigenvalue weighted by atomic mass is 31.2. The second-order valence-corrected chi connectivity index (χ2v) is 8.84. The van der Waals surface area contributed by atoms with Crippen LogP contribution in [0.25, 0.3) is 11.2 Å². The van der Waals surface area contributed by atoms with Gasteiger partial charge in [0.25, 0.3) is 5.56 Å². The normalized spacial score (nSPS) is 14.4. The molecule has 2 aromatic heterocycles. The fourth-order valence-electron chi connectivity index (χ4n) is 3.40. The molecule has 0 saturated carbocycles. The zero-order valence-corrected chi connectivity index (χ0v) is 16.6. The number of aromatic nitrogens is 4. The zero-order valence-electron chi connectivity index (χ0n) is 15.7. The van der Waals surface area contributed by atoms with Crippen LogP contribution in [0.2, 0.25) is 0 Å². The van der Waals surface area contributed by atoms with Gasteiger partial charge in [0, 0.05) is 0 Å². The Bertz CT molecular complexity index is 894. The van der Waals surface area contributed by atoms with Gasteiger partial charge >= 0.3 is 7.60 Å². The maximum atomic E-state index is 12.3. The van der Waals surface area contributed by atoms with Crippen molar-refractivity contribution in [2.24, 2.45) is 11.8 Å². The van der Waals surface area contributed by atoms with Gasteiger partial charge in [-0.2, -0.15) is 4.98 Å². The fraction of sp³-hybridized carbons (Fsp3) is 0.667. The van der Waals surface area contributed by atoms with E-state index in [1.165, 1.54) is 10.9 Å². The van der Waals surface area contributed by atoms with E-state index in [4.69, 9.17) is 10.5 Å². The second-order valence-electron chi connectivity index (χ2n) is 7.05. The Kier molecular flexibility index (Phi) is 6.13. The molecule has 0 fully saturated rings. The first-order chi connectivity index (χ1) is 12.4. The first kappa shape index (κ1) is 21.5. The predicted molar refractivity (Wildman–Crippen MR) is 99.0 cm³/mol. The smallest absolute Gasteiger partial charge is 0.357 e. The van der Waals surface area contributed by atoms with E-state index in [0.29, 0.717) is 0 Å². The van der Waals surface area contributed by atoms with Gasteiger partial charge in [-0.25, -0.2) is 4.98 Å². The zero-order chi connectivity index (χ0) is 20.6. The third kappa shape index (κ3) is 3.92. The number of aliphatic hydroxyl groups is 1. The minimum absolute atomic E-state index is 0.0237. The number of fused-ring (bicyclic) bond motifs is 1. The maximum Gasteiger partial charge on any atom is 0.357 e. The Labute approximate surface area is 155 Å². The van der Waals surface area contributed by atoms with Crippen LogP contribution < -0.4 is 11.3 Å². The molecule has 2 rings (SSSR count). The van der Waals surface area contributed by atoms with Gasteiger partial charge in [-0.15, -0.1) is 0 Å². The number of nitrogens with one attached hydrogen (secondary N) is 1. The van der Waals surface area contributed by atoms with Crippen LogP contribution in [0.4, 0.5) is 5.95 Å². The summed E-state index contributed by atoms with van der Waals surface area (Å²) in [5, 5.41) is 8.00. The van der Waals surface area contributed by atoms with E-state index in [-0.39, 0.29) is 23.7 Å². The highest BCUT2D eigenvalue weighted by Crippen LogP contribution is 2.59. The summed E-state index contributed by atoms with van der Waals surface area (Å²) in [6.45, 7) is 6.09. The van der Waals surface area contributed by atoms with Crippen LogP contribution in [-0.4, -0.2) is 52.5 Å². The van der Waals surface area contributed by atoms with Gasteiger partial charge in [0.2, 0.25) is 5.95 Å². The van der Waals surface area contributed by atoms with Gasteiger partial charge in [-0.05, 0) is 11.8 Å². The van der Waals surface area contributed by atoms with Crippen molar-refractivity contribution in [2.45, 2.75) is 45.7 Å². The number of rotatable bonds is 8. The van der Waals surface area contributed by atoms with Crippen LogP contribution in [0.5, 0.6) is 0 Å². The minimum Gasteiger partial charge on any atom is -0.394 e. The predicted octanol–water partition coefficient (Wildman–Crippen LogP) is 0.265. The van der Waals surface area contributed by atoms with Gasteiger partial charge in [0.05, 0.1) is 19.5 Å². The van der Waals surface area contributed by atoms with E-state index in [1.54, 1.807) is 27.7 Å². The van der Waals surface area contributed by atoms with Crippen LogP contribution in [-0.2, 0) is 15.8 Å². The van der Waals surface area contributed by atoms with Crippen molar-refractivity contribution in [1.29, 1.82) is 0 Å². The van der Waals surface area contributed by atoms with Crippen LogP contribution >= 0.6 is 7.60 Å². The van der Waals surface area contributed by atoms with Crippen molar-refractivity contribution in [1.82, 2.24) is 19.5 Å². The van der Waals surface area contributed by atoms with Crippen LogP contribution in [0.1, 0.15) is 27.7 Å².